The van der Waals surface area contributed by atoms with Gasteiger partial charge in [-0.15, -0.1) is 11.3 Å². The van der Waals surface area contributed by atoms with Crippen LogP contribution < -0.4 is 24.4 Å². The number of hydrogen-bond donors (Lipinski definition) is 2. The van der Waals surface area contributed by atoms with Crippen molar-refractivity contribution in [2.75, 3.05) is 28.3 Å². The van der Waals surface area contributed by atoms with Crippen LogP contribution >= 0.6 is 11.3 Å². The van der Waals surface area contributed by atoms with Crippen LogP contribution in [0.3, 0.4) is 0 Å². The first-order valence-electron chi connectivity index (χ1n) is 9.92. The number of hydrogen-bond acceptors (Lipinski definition) is 8. The van der Waals surface area contributed by atoms with Gasteiger partial charge in [-0.2, -0.15) is 0 Å². The largest absolute Gasteiger partial charge is 0.454 e. The highest BCUT2D eigenvalue weighted by Gasteiger charge is 2.35. The molecule has 0 aliphatic carbocycles. The minimum atomic E-state index is -3.78. The third-order valence-corrected chi connectivity index (χ3v) is 7.42. The first-order chi connectivity index (χ1) is 15.9. The molecule has 2 aromatic carbocycles. The highest BCUT2D eigenvalue weighted by atomic mass is 32.2. The number of ether oxygens (including phenoxy) is 2. The second kappa shape index (κ2) is 8.37. The summed E-state index contributed by atoms with van der Waals surface area (Å²) in [6.45, 7) is 0.368. The highest BCUT2D eigenvalue weighted by Crippen LogP contribution is 2.37. The number of benzene rings is 2. The van der Waals surface area contributed by atoms with Crippen molar-refractivity contribution in [2.24, 2.45) is 5.92 Å². The van der Waals surface area contributed by atoms with Gasteiger partial charge in [-0.25, -0.2) is 13.4 Å². The molecule has 12 heteroatoms. The third-order valence-electron chi connectivity index (χ3n) is 5.25. The number of rotatable bonds is 6. The van der Waals surface area contributed by atoms with E-state index in [1.807, 2.05) is 0 Å². The zero-order chi connectivity index (χ0) is 23.0. The number of carbonyl (C=O) groups excluding carboxylic acids is 2. The second-order valence-electron chi connectivity index (χ2n) is 7.40. The Balaban J connectivity index is 1.23. The molecule has 2 aliphatic heterocycles. The second-order valence-corrected chi connectivity index (χ2v) is 9.98. The molecule has 2 amide bonds. The molecule has 33 heavy (non-hydrogen) atoms. The van der Waals surface area contributed by atoms with Gasteiger partial charge in [0.1, 0.15) is 0 Å². The van der Waals surface area contributed by atoms with Crippen LogP contribution in [0.2, 0.25) is 0 Å². The average molecular weight is 487 g/mol. The maximum atomic E-state index is 12.7. The van der Waals surface area contributed by atoms with E-state index in [0.29, 0.717) is 22.9 Å². The molecule has 1 saturated heterocycles. The van der Waals surface area contributed by atoms with E-state index in [9.17, 15) is 18.0 Å². The lowest BCUT2D eigenvalue weighted by atomic mass is 10.1. The van der Waals surface area contributed by atoms with Crippen LogP contribution in [0.15, 0.2) is 58.9 Å². The molecule has 1 atom stereocenters. The maximum Gasteiger partial charge on any atom is 0.263 e. The monoisotopic (exact) mass is 486 g/mol. The maximum absolute atomic E-state index is 12.7. The predicted octanol–water partition coefficient (Wildman–Crippen LogP) is 2.66. The fourth-order valence-corrected chi connectivity index (χ4v) is 5.38. The summed E-state index contributed by atoms with van der Waals surface area (Å²) >= 11 is 1.17. The standard InChI is InChI=1S/C21H18N4O6S2/c26-19-9-13(11-25(19)15-3-6-17-18(10-15)31-12-30-17)20(27)23-14-1-4-16(5-2-14)33(28,29)24-21-22-7-8-32-21/h1-8,10,13H,9,11-12H2,(H,22,24)(H,23,27). The van der Waals surface area contributed by atoms with Gasteiger partial charge in [0.25, 0.3) is 10.0 Å². The highest BCUT2D eigenvalue weighted by molar-refractivity contribution is 7.93. The van der Waals surface area contributed by atoms with Crippen molar-refractivity contribution in [1.29, 1.82) is 0 Å². The summed E-state index contributed by atoms with van der Waals surface area (Å²) in [4.78, 5) is 30.8. The number of anilines is 3. The lowest BCUT2D eigenvalue weighted by Crippen LogP contribution is -2.28. The van der Waals surface area contributed by atoms with Crippen molar-refractivity contribution in [3.05, 3.63) is 54.0 Å². The Morgan fingerprint density at radius 1 is 1.12 bits per heavy atom. The summed E-state index contributed by atoms with van der Waals surface area (Å²) in [5, 5.41) is 4.69. The lowest BCUT2D eigenvalue weighted by Gasteiger charge is -2.17. The van der Waals surface area contributed by atoms with E-state index in [4.69, 9.17) is 9.47 Å². The van der Waals surface area contributed by atoms with E-state index in [-0.39, 0.29) is 41.6 Å². The van der Waals surface area contributed by atoms with Crippen LogP contribution in [0.4, 0.5) is 16.5 Å². The SMILES string of the molecule is O=C(Nc1ccc(S(=O)(=O)Nc2nccs2)cc1)C1CC(=O)N(c2ccc3c(c2)OCO3)C1. The Kier molecular flexibility index (Phi) is 5.38. The average Bonchev–Trinajstić information content (AvgIpc) is 3.54. The van der Waals surface area contributed by atoms with Crippen LogP contribution in [0.25, 0.3) is 0 Å². The molecule has 2 N–H and O–H groups in total. The Hall–Kier alpha value is -3.64. The third kappa shape index (κ3) is 4.34. The molecule has 0 radical (unpaired) electrons. The van der Waals surface area contributed by atoms with Crippen LogP contribution in [0.1, 0.15) is 6.42 Å². The topological polar surface area (TPSA) is 127 Å². The summed E-state index contributed by atoms with van der Waals surface area (Å²) in [6, 6.07) is 11.0. The van der Waals surface area contributed by atoms with Gasteiger partial charge >= 0.3 is 0 Å². The van der Waals surface area contributed by atoms with Crippen molar-refractivity contribution in [3.63, 3.8) is 0 Å². The molecule has 0 saturated carbocycles. The minimum absolute atomic E-state index is 0.0423. The van der Waals surface area contributed by atoms with Crippen LogP contribution in [-0.2, 0) is 19.6 Å². The van der Waals surface area contributed by atoms with E-state index >= 15 is 0 Å². The lowest BCUT2D eigenvalue weighted by molar-refractivity contribution is -0.122. The molecule has 3 heterocycles. The Morgan fingerprint density at radius 3 is 2.67 bits per heavy atom. The van der Waals surface area contributed by atoms with Crippen molar-refractivity contribution in [2.45, 2.75) is 11.3 Å². The van der Waals surface area contributed by atoms with Crippen LogP contribution in [0, 0.1) is 5.92 Å². The zero-order valence-electron chi connectivity index (χ0n) is 17.1. The van der Waals surface area contributed by atoms with E-state index in [0.717, 1.165) is 0 Å². The molecule has 0 spiro atoms. The van der Waals surface area contributed by atoms with Crippen LogP contribution in [0.5, 0.6) is 11.5 Å². The van der Waals surface area contributed by atoms with Gasteiger partial charge in [-0.05, 0) is 36.4 Å². The van der Waals surface area contributed by atoms with Gasteiger partial charge in [0.05, 0.1) is 10.8 Å². The van der Waals surface area contributed by atoms with E-state index < -0.39 is 15.9 Å². The number of nitrogens with one attached hydrogen (secondary N) is 2. The molecule has 10 nitrogen and oxygen atoms in total. The van der Waals surface area contributed by atoms with E-state index in [2.05, 4.69) is 15.0 Å². The van der Waals surface area contributed by atoms with E-state index in [1.54, 1.807) is 28.5 Å². The number of nitrogens with zero attached hydrogens (tertiary/aromatic N) is 2. The summed E-state index contributed by atoms with van der Waals surface area (Å²) < 4.78 is 37.9. The number of thiazole rings is 1. The predicted molar refractivity (Wildman–Crippen MR) is 121 cm³/mol. The summed E-state index contributed by atoms with van der Waals surface area (Å²) in [6.07, 6.45) is 1.58. The van der Waals surface area contributed by atoms with Crippen molar-refractivity contribution < 1.29 is 27.5 Å². The normalized spacial score (nSPS) is 17.3. The molecule has 1 unspecified atom stereocenters. The quantitative estimate of drug-likeness (QED) is 0.548. The first-order valence-corrected chi connectivity index (χ1v) is 12.3. The van der Waals surface area contributed by atoms with Gasteiger partial charge in [0.2, 0.25) is 18.6 Å². The Morgan fingerprint density at radius 2 is 1.91 bits per heavy atom. The first kappa shape index (κ1) is 21.2. The van der Waals surface area contributed by atoms with Crippen molar-refractivity contribution in [3.8, 4) is 11.5 Å². The Bertz CT molecular complexity index is 1310. The number of carbonyl (C=O) groups is 2. The van der Waals surface area contributed by atoms with Gasteiger partial charge in [-0.3, -0.25) is 14.3 Å². The molecular weight excluding hydrogens is 468 g/mol. The smallest absolute Gasteiger partial charge is 0.263 e. The summed E-state index contributed by atoms with van der Waals surface area (Å²) in [5.41, 5.74) is 1.07. The van der Waals surface area contributed by atoms with Crippen LogP contribution in [-0.4, -0.2) is 38.6 Å². The fraction of sp³-hybridized carbons (Fsp3) is 0.190. The molecule has 5 rings (SSSR count). The molecule has 170 valence electrons. The van der Waals surface area contributed by atoms with Crippen molar-refractivity contribution in [1.82, 2.24) is 4.98 Å². The number of aromatic nitrogens is 1. The molecule has 1 aromatic heterocycles. The number of amides is 2. The number of fused-ring (bicyclic) bond motifs is 1. The molecule has 3 aromatic rings. The molecule has 0 bridgehead atoms. The van der Waals surface area contributed by atoms with Gasteiger partial charge < -0.3 is 19.7 Å². The minimum Gasteiger partial charge on any atom is -0.454 e. The number of sulfonamides is 1. The van der Waals surface area contributed by atoms with Gasteiger partial charge in [0, 0.05) is 42.0 Å². The fourth-order valence-electron chi connectivity index (χ4n) is 3.60. The van der Waals surface area contributed by atoms with Gasteiger partial charge in [0.15, 0.2) is 16.6 Å². The summed E-state index contributed by atoms with van der Waals surface area (Å²) in [7, 11) is -3.78. The van der Waals surface area contributed by atoms with E-state index in [1.165, 1.54) is 41.8 Å². The summed E-state index contributed by atoms with van der Waals surface area (Å²) in [5.74, 6) is 0.157. The Labute approximate surface area is 193 Å². The zero-order valence-corrected chi connectivity index (χ0v) is 18.7. The molecule has 1 fully saturated rings. The van der Waals surface area contributed by atoms with Crippen molar-refractivity contribution >= 4 is 49.7 Å². The van der Waals surface area contributed by atoms with Gasteiger partial charge in [-0.1, -0.05) is 0 Å². The molecular formula is C21H18N4O6S2. The molecule has 2 aliphatic rings.